The summed E-state index contributed by atoms with van der Waals surface area (Å²) in [4.78, 5) is 4.19. The molecule has 0 amide bonds. The molecule has 1 aromatic carbocycles. The fraction of sp³-hybridized carbons (Fsp3) is 0.100. The van der Waals surface area contributed by atoms with Crippen LogP contribution in [0.2, 0.25) is 0 Å². The predicted molar refractivity (Wildman–Crippen MR) is 58.6 cm³/mol. The topological polar surface area (TPSA) is 38.9 Å². The van der Waals surface area contributed by atoms with E-state index in [2.05, 4.69) is 20.9 Å². The molecule has 4 heteroatoms. The van der Waals surface area contributed by atoms with Gasteiger partial charge in [-0.25, -0.2) is 4.39 Å². The molecule has 0 fully saturated rings. The second-order valence-corrected chi connectivity index (χ2v) is 3.95. The number of nitrogens with zero attached hydrogens (tertiary/aromatic N) is 1. The molecule has 0 aliphatic heterocycles. The number of nitrogens with two attached hydrogens (primary N) is 1. The third-order valence-corrected chi connectivity index (χ3v) is 2.73. The second kappa shape index (κ2) is 3.20. The van der Waals surface area contributed by atoms with Crippen LogP contribution in [0.5, 0.6) is 0 Å². The van der Waals surface area contributed by atoms with Crippen molar-refractivity contribution in [2.45, 2.75) is 6.92 Å². The molecule has 72 valence electrons. The molecule has 1 heterocycles. The minimum absolute atomic E-state index is 0.318. The molecule has 0 unspecified atom stereocenters. The van der Waals surface area contributed by atoms with Crippen LogP contribution in [0.25, 0.3) is 10.9 Å². The molecule has 0 radical (unpaired) electrons. The number of rotatable bonds is 0. The Hall–Kier alpha value is -1.16. The number of nitrogen functional groups attached to an aromatic ring is 1. The van der Waals surface area contributed by atoms with E-state index in [9.17, 15) is 4.39 Å². The molecule has 0 bridgehead atoms. The zero-order valence-electron chi connectivity index (χ0n) is 7.51. The highest BCUT2D eigenvalue weighted by molar-refractivity contribution is 9.10. The fourth-order valence-electron chi connectivity index (χ4n) is 1.30. The number of pyridine rings is 1. The van der Waals surface area contributed by atoms with Gasteiger partial charge in [0.25, 0.3) is 0 Å². The van der Waals surface area contributed by atoms with Crippen molar-refractivity contribution in [1.29, 1.82) is 0 Å². The zero-order chi connectivity index (χ0) is 10.3. The lowest BCUT2D eigenvalue weighted by atomic mass is 10.2. The Kier molecular flexibility index (Phi) is 2.15. The van der Waals surface area contributed by atoms with Crippen molar-refractivity contribution in [1.82, 2.24) is 4.98 Å². The lowest BCUT2D eigenvalue weighted by Crippen LogP contribution is -1.95. The summed E-state index contributed by atoms with van der Waals surface area (Å²) in [5.74, 6) is -0.318. The Balaban J connectivity index is 2.89. The van der Waals surface area contributed by atoms with Crippen LogP contribution in [0, 0.1) is 12.7 Å². The molecule has 2 nitrogen and oxygen atoms in total. The predicted octanol–water partition coefficient (Wildman–Crippen LogP) is 3.03. The number of hydrogen-bond donors (Lipinski definition) is 1. The number of fused-ring (bicyclic) bond motifs is 1. The molecule has 0 aliphatic carbocycles. The van der Waals surface area contributed by atoms with Crippen LogP contribution in [-0.2, 0) is 0 Å². The summed E-state index contributed by atoms with van der Waals surface area (Å²) in [6.07, 6.45) is 0. The van der Waals surface area contributed by atoms with Gasteiger partial charge in [0.1, 0.15) is 5.82 Å². The monoisotopic (exact) mass is 254 g/mol. The van der Waals surface area contributed by atoms with Gasteiger partial charge in [0.05, 0.1) is 21.4 Å². The van der Waals surface area contributed by atoms with Gasteiger partial charge in [-0.2, -0.15) is 0 Å². The van der Waals surface area contributed by atoms with E-state index in [0.29, 0.717) is 21.1 Å². The summed E-state index contributed by atoms with van der Waals surface area (Å²) in [6, 6.07) is 5.01. The largest absolute Gasteiger partial charge is 0.397 e. The summed E-state index contributed by atoms with van der Waals surface area (Å²) in [7, 11) is 0. The molecule has 0 saturated carbocycles. The van der Waals surface area contributed by atoms with Crippen LogP contribution in [0.4, 0.5) is 10.1 Å². The van der Waals surface area contributed by atoms with Gasteiger partial charge >= 0.3 is 0 Å². The van der Waals surface area contributed by atoms with Crippen molar-refractivity contribution in [3.63, 3.8) is 0 Å². The van der Waals surface area contributed by atoms with E-state index < -0.39 is 0 Å². The van der Waals surface area contributed by atoms with Crippen molar-refractivity contribution in [2.24, 2.45) is 0 Å². The Bertz CT molecular complexity index is 511. The number of aromatic nitrogens is 1. The van der Waals surface area contributed by atoms with E-state index in [1.807, 2.05) is 0 Å². The van der Waals surface area contributed by atoms with Crippen molar-refractivity contribution in [3.05, 3.63) is 34.2 Å². The SMILES string of the molecule is Cc1nc2ccc(Br)c(F)c2cc1N. The number of hydrogen-bond acceptors (Lipinski definition) is 2. The Morgan fingerprint density at radius 1 is 1.43 bits per heavy atom. The summed E-state index contributed by atoms with van der Waals surface area (Å²) < 4.78 is 14.0. The lowest BCUT2D eigenvalue weighted by molar-refractivity contribution is 0.633. The highest BCUT2D eigenvalue weighted by atomic mass is 79.9. The van der Waals surface area contributed by atoms with Gasteiger partial charge < -0.3 is 5.73 Å². The maximum absolute atomic E-state index is 13.6. The molecular weight excluding hydrogens is 247 g/mol. The second-order valence-electron chi connectivity index (χ2n) is 3.09. The van der Waals surface area contributed by atoms with E-state index in [4.69, 9.17) is 5.73 Å². The van der Waals surface area contributed by atoms with Gasteiger partial charge in [0.2, 0.25) is 0 Å². The van der Waals surface area contributed by atoms with Gasteiger partial charge in [-0.1, -0.05) is 0 Å². The van der Waals surface area contributed by atoms with Crippen LogP contribution in [0.3, 0.4) is 0 Å². The minimum Gasteiger partial charge on any atom is -0.397 e. The third kappa shape index (κ3) is 1.35. The number of benzene rings is 1. The normalized spacial score (nSPS) is 10.8. The van der Waals surface area contributed by atoms with Crippen molar-refractivity contribution >= 4 is 32.5 Å². The quantitative estimate of drug-likeness (QED) is 0.785. The van der Waals surface area contributed by atoms with Gasteiger partial charge in [0.15, 0.2) is 0 Å². The van der Waals surface area contributed by atoms with E-state index in [0.717, 1.165) is 5.69 Å². The first-order valence-electron chi connectivity index (χ1n) is 4.10. The summed E-state index contributed by atoms with van der Waals surface area (Å²) in [5, 5.41) is 0.447. The summed E-state index contributed by atoms with van der Waals surface area (Å²) in [5.41, 5.74) is 7.51. The van der Waals surface area contributed by atoms with Gasteiger partial charge in [-0.15, -0.1) is 0 Å². The average Bonchev–Trinajstić information content (AvgIpc) is 2.15. The first-order chi connectivity index (χ1) is 6.59. The van der Waals surface area contributed by atoms with E-state index in [1.54, 1.807) is 25.1 Å². The van der Waals surface area contributed by atoms with Crippen LogP contribution in [-0.4, -0.2) is 4.98 Å². The van der Waals surface area contributed by atoms with Crippen molar-refractivity contribution in [2.75, 3.05) is 5.73 Å². The summed E-state index contributed by atoms with van der Waals surface area (Å²) >= 11 is 3.12. The number of halogens is 2. The van der Waals surface area contributed by atoms with Crippen LogP contribution < -0.4 is 5.73 Å². The fourth-order valence-corrected chi connectivity index (χ4v) is 1.64. The van der Waals surface area contributed by atoms with Crippen LogP contribution in [0.1, 0.15) is 5.69 Å². The van der Waals surface area contributed by atoms with Gasteiger partial charge in [-0.3, -0.25) is 4.98 Å². The van der Waals surface area contributed by atoms with E-state index in [-0.39, 0.29) is 5.82 Å². The molecular formula is C10H8BrFN2. The molecule has 2 rings (SSSR count). The maximum Gasteiger partial charge on any atom is 0.146 e. The highest BCUT2D eigenvalue weighted by Gasteiger charge is 2.07. The van der Waals surface area contributed by atoms with Crippen molar-refractivity contribution in [3.8, 4) is 0 Å². The summed E-state index contributed by atoms with van der Waals surface area (Å²) in [6.45, 7) is 1.80. The molecule has 0 saturated heterocycles. The van der Waals surface area contributed by atoms with Crippen LogP contribution in [0.15, 0.2) is 22.7 Å². The zero-order valence-corrected chi connectivity index (χ0v) is 9.10. The Labute approximate surface area is 89.1 Å². The third-order valence-electron chi connectivity index (χ3n) is 2.12. The van der Waals surface area contributed by atoms with Crippen LogP contribution >= 0.6 is 15.9 Å². The minimum atomic E-state index is -0.318. The Morgan fingerprint density at radius 2 is 2.14 bits per heavy atom. The standard InChI is InChI=1S/C10H8BrFN2/c1-5-8(13)4-6-9(14-5)3-2-7(11)10(6)12/h2-4H,13H2,1H3. The van der Waals surface area contributed by atoms with E-state index >= 15 is 0 Å². The molecule has 0 atom stereocenters. The number of anilines is 1. The Morgan fingerprint density at radius 3 is 2.86 bits per heavy atom. The first kappa shape index (κ1) is 9.40. The molecule has 0 spiro atoms. The maximum atomic E-state index is 13.6. The van der Waals surface area contributed by atoms with Crippen molar-refractivity contribution < 1.29 is 4.39 Å². The van der Waals surface area contributed by atoms with Gasteiger partial charge in [-0.05, 0) is 41.1 Å². The molecule has 2 N–H and O–H groups in total. The average molecular weight is 255 g/mol. The molecule has 1 aromatic heterocycles. The highest BCUT2D eigenvalue weighted by Crippen LogP contribution is 2.26. The smallest absolute Gasteiger partial charge is 0.146 e. The van der Waals surface area contributed by atoms with E-state index in [1.165, 1.54) is 0 Å². The molecule has 0 aliphatic rings. The molecule has 14 heavy (non-hydrogen) atoms. The lowest BCUT2D eigenvalue weighted by Gasteiger charge is -2.04. The van der Waals surface area contributed by atoms with Gasteiger partial charge in [0, 0.05) is 5.39 Å². The first-order valence-corrected chi connectivity index (χ1v) is 4.89. The molecule has 2 aromatic rings. The number of aryl methyl sites for hydroxylation is 1.